The number of ketones is 1. The molecule has 5 aromatic rings. The van der Waals surface area contributed by atoms with Crippen LogP contribution < -0.4 is 31.9 Å². The molecule has 0 saturated carbocycles. The van der Waals surface area contributed by atoms with Gasteiger partial charge in [0.05, 0.1) is 18.4 Å². The van der Waals surface area contributed by atoms with E-state index in [1.807, 2.05) is 60.7 Å². The normalized spacial score (nSPS) is 19.5. The van der Waals surface area contributed by atoms with Crippen LogP contribution in [0.25, 0.3) is 11.1 Å². The Balaban J connectivity index is 1.33. The van der Waals surface area contributed by atoms with Gasteiger partial charge in [-0.2, -0.15) is 0 Å². The van der Waals surface area contributed by atoms with Crippen molar-refractivity contribution in [3.05, 3.63) is 148 Å². The second-order valence-corrected chi connectivity index (χ2v) is 19.5. The van der Waals surface area contributed by atoms with Gasteiger partial charge in [-0.25, -0.2) is 4.79 Å². The molecule has 2 aliphatic heterocycles. The summed E-state index contributed by atoms with van der Waals surface area (Å²) in [6.45, 7) is 5.23. The Bertz CT molecular complexity index is 2620. The minimum absolute atomic E-state index is 0.0308. The van der Waals surface area contributed by atoms with Crippen LogP contribution in [0.4, 0.5) is 10.5 Å². The van der Waals surface area contributed by atoms with Gasteiger partial charge >= 0.3 is 12.1 Å². The zero-order valence-corrected chi connectivity index (χ0v) is 40.7. The number of anilines is 1. The van der Waals surface area contributed by atoms with Gasteiger partial charge in [-0.1, -0.05) is 103 Å². The Kier molecular flexibility index (Phi) is 18.8. The molecule has 16 nitrogen and oxygen atoms in total. The van der Waals surface area contributed by atoms with Crippen LogP contribution in [0.5, 0.6) is 0 Å². The van der Waals surface area contributed by atoms with Crippen LogP contribution in [0.15, 0.2) is 127 Å². The van der Waals surface area contributed by atoms with Gasteiger partial charge in [0.2, 0.25) is 29.5 Å². The molecule has 0 unspecified atom stereocenters. The second-order valence-electron chi connectivity index (χ2n) is 18.4. The van der Waals surface area contributed by atoms with Gasteiger partial charge in [-0.3, -0.25) is 33.6 Å². The number of carbonyl (C=O) groups excluding carboxylic acids is 7. The zero-order chi connectivity index (χ0) is 50.9. The fourth-order valence-electron chi connectivity index (χ4n) is 7.93. The topological polar surface area (TPSA) is 238 Å². The van der Waals surface area contributed by atoms with Crippen molar-refractivity contribution in [3.63, 3.8) is 0 Å². The lowest BCUT2D eigenvalue weighted by Crippen LogP contribution is -2.59. The van der Waals surface area contributed by atoms with E-state index in [0.29, 0.717) is 27.3 Å². The summed E-state index contributed by atoms with van der Waals surface area (Å²) >= 11 is 1.33. The predicted octanol–water partition coefficient (Wildman–Crippen LogP) is 5.93. The Hall–Kier alpha value is -7.66. The van der Waals surface area contributed by atoms with E-state index >= 15 is 0 Å². The molecule has 0 saturated heterocycles. The number of Topliss-reactive ketones (excluding diaryl/α,β-unsaturated/α-hetero) is 1. The Morgan fingerprint density at radius 2 is 1.25 bits per heavy atom. The van der Waals surface area contributed by atoms with E-state index in [0.717, 1.165) is 11.1 Å². The van der Waals surface area contributed by atoms with E-state index in [1.165, 1.54) is 11.3 Å². The molecule has 2 bridgehead atoms. The summed E-state index contributed by atoms with van der Waals surface area (Å²) in [5.41, 5.74) is 3.39. The number of carbonyl (C=O) groups is 8. The SMILES string of the molecule is CC(C)(C)OC(=O)NCCCC(=O)N[C@H]1CC(=O)Nc2ccc(cc2)C[C@@H](C(=O)O)CC(=O)[C@@H](Cc2ccccc2)NC(=O)[C@H](Cc2ccc(-c3ccccc3)cc2)NC(=O)[C@@H](Cc2cccs2)NC1=O. The number of thiophene rings is 1. The molecule has 0 radical (unpaired) electrons. The maximum absolute atomic E-state index is 14.7. The fraction of sp³-hybridized carbons (Fsp3) is 0.333. The third-order valence-corrected chi connectivity index (χ3v) is 12.4. The molecule has 5 atom stereocenters. The van der Waals surface area contributed by atoms with E-state index < -0.39 is 95.9 Å². The lowest BCUT2D eigenvalue weighted by molar-refractivity contribution is -0.144. The lowest BCUT2D eigenvalue weighted by atomic mass is 9.90. The molecule has 2 aliphatic rings. The van der Waals surface area contributed by atoms with E-state index in [2.05, 4.69) is 31.9 Å². The predicted molar refractivity (Wildman–Crippen MR) is 269 cm³/mol. The van der Waals surface area contributed by atoms with Crippen molar-refractivity contribution in [1.82, 2.24) is 26.6 Å². The number of hydrogen-bond donors (Lipinski definition) is 7. The van der Waals surface area contributed by atoms with Gasteiger partial charge in [-0.15, -0.1) is 11.3 Å². The molecule has 0 spiro atoms. The van der Waals surface area contributed by atoms with E-state index in [-0.39, 0.29) is 45.1 Å². The number of fused-ring (bicyclic) bond motifs is 18. The average Bonchev–Trinajstić information content (AvgIpc) is 3.85. The third kappa shape index (κ3) is 17.1. The first kappa shape index (κ1) is 52.7. The molecule has 7 N–H and O–H groups in total. The maximum Gasteiger partial charge on any atom is 0.407 e. The molecule has 372 valence electrons. The first-order chi connectivity index (χ1) is 34.0. The van der Waals surface area contributed by atoms with Crippen molar-refractivity contribution < 1.29 is 48.2 Å². The van der Waals surface area contributed by atoms with Crippen LogP contribution in [0.2, 0.25) is 0 Å². The summed E-state index contributed by atoms with van der Waals surface area (Å²) in [5, 5.41) is 28.5. The first-order valence-electron chi connectivity index (χ1n) is 23.5. The summed E-state index contributed by atoms with van der Waals surface area (Å²) in [6, 6.07) is 30.6. The molecule has 71 heavy (non-hydrogen) atoms. The minimum atomic E-state index is -1.49. The Morgan fingerprint density at radius 1 is 0.662 bits per heavy atom. The number of carboxylic acids is 1. The van der Waals surface area contributed by atoms with Crippen molar-refractivity contribution in [1.29, 1.82) is 0 Å². The molecule has 17 heteroatoms. The summed E-state index contributed by atoms with van der Waals surface area (Å²) in [4.78, 5) is 111. The smallest absolute Gasteiger partial charge is 0.407 e. The number of carboxylic acid groups (broad SMARTS) is 1. The summed E-state index contributed by atoms with van der Waals surface area (Å²) in [7, 11) is 0. The van der Waals surface area contributed by atoms with Gasteiger partial charge in [0.15, 0.2) is 5.78 Å². The number of ether oxygens (including phenoxy) is 1. The molecular formula is C54H60N6O10S. The summed E-state index contributed by atoms with van der Waals surface area (Å²) in [6.07, 6.45) is -1.72. The van der Waals surface area contributed by atoms with Crippen LogP contribution in [-0.2, 0) is 64.0 Å². The summed E-state index contributed by atoms with van der Waals surface area (Å²) in [5.74, 6) is -6.55. The highest BCUT2D eigenvalue weighted by Crippen LogP contribution is 2.22. The van der Waals surface area contributed by atoms with Gasteiger partial charge < -0.3 is 41.7 Å². The number of amides is 6. The van der Waals surface area contributed by atoms with Crippen LogP contribution in [0, 0.1) is 5.92 Å². The fourth-order valence-corrected chi connectivity index (χ4v) is 8.68. The van der Waals surface area contributed by atoms with Crippen molar-refractivity contribution >= 4 is 64.4 Å². The van der Waals surface area contributed by atoms with Crippen LogP contribution >= 0.6 is 11.3 Å². The number of nitrogens with one attached hydrogen (secondary N) is 6. The van der Waals surface area contributed by atoms with E-state index in [1.54, 1.807) is 86.8 Å². The van der Waals surface area contributed by atoms with Crippen molar-refractivity contribution in [3.8, 4) is 11.1 Å². The highest BCUT2D eigenvalue weighted by molar-refractivity contribution is 7.09. The second kappa shape index (κ2) is 25.3. The highest BCUT2D eigenvalue weighted by atomic mass is 32.1. The maximum atomic E-state index is 14.7. The number of benzene rings is 4. The monoisotopic (exact) mass is 984 g/mol. The van der Waals surface area contributed by atoms with Crippen molar-refractivity contribution in [2.45, 2.75) is 102 Å². The van der Waals surface area contributed by atoms with Gasteiger partial charge in [0.1, 0.15) is 23.7 Å². The first-order valence-corrected chi connectivity index (χ1v) is 24.4. The number of alkyl carbamates (subject to hydrolysis) is 1. The molecule has 1 aromatic heterocycles. The van der Waals surface area contributed by atoms with Crippen LogP contribution in [0.1, 0.15) is 68.0 Å². The van der Waals surface area contributed by atoms with E-state index in [9.17, 15) is 43.5 Å². The molecule has 3 heterocycles. The van der Waals surface area contributed by atoms with Crippen LogP contribution in [-0.4, -0.2) is 88.8 Å². The Labute approximate surface area is 416 Å². The van der Waals surface area contributed by atoms with Gasteiger partial charge in [0.25, 0.3) is 0 Å². The standard InChI is InChI=1S/C54H60N6O10S/c1-54(2,3)70-53(69)55-26-10-17-47(62)57-45-33-48(63)56-40-24-20-35(21-25-40)28-39(52(67)68)31-46(61)42(29-34-12-6-4-7-13-34)58-49(64)43(30-36-18-22-38(23-19-36)37-14-8-5-9-15-37)59-50(65)44(60-51(45)66)32-41-16-11-27-71-41/h4-9,11-16,18-25,27,39,42-45H,10,17,26,28-33H2,1-3H3,(H,55,69)(H,56,63)(H,57,62)(H,58,64)(H,59,65)(H,60,66)(H,67,68)/t39-,42-,43+,44-,45+/m1/s1. The number of rotatable bonds is 13. The molecule has 0 aliphatic carbocycles. The van der Waals surface area contributed by atoms with Crippen LogP contribution in [0.3, 0.4) is 0 Å². The number of hydrogen-bond acceptors (Lipinski definition) is 10. The zero-order valence-electron chi connectivity index (χ0n) is 39.9. The lowest BCUT2D eigenvalue weighted by Gasteiger charge is -2.27. The van der Waals surface area contributed by atoms with Gasteiger partial charge in [0, 0.05) is 42.8 Å². The Morgan fingerprint density at radius 3 is 1.89 bits per heavy atom. The summed E-state index contributed by atoms with van der Waals surface area (Å²) < 4.78 is 5.25. The molecular weight excluding hydrogens is 925 g/mol. The molecule has 0 fully saturated rings. The van der Waals surface area contributed by atoms with Gasteiger partial charge in [-0.05, 0) is 91.4 Å². The third-order valence-electron chi connectivity index (χ3n) is 11.5. The quantitative estimate of drug-likeness (QED) is 0.0542. The van der Waals surface area contributed by atoms with Crippen molar-refractivity contribution in [2.75, 3.05) is 11.9 Å². The molecule has 6 amide bonds. The molecule has 4 aromatic carbocycles. The average molecular weight is 985 g/mol. The minimum Gasteiger partial charge on any atom is -0.481 e. The largest absolute Gasteiger partial charge is 0.481 e. The van der Waals surface area contributed by atoms with E-state index in [4.69, 9.17) is 4.74 Å². The highest BCUT2D eigenvalue weighted by Gasteiger charge is 2.34. The number of aliphatic carboxylic acids is 1. The van der Waals surface area contributed by atoms with Crippen molar-refractivity contribution in [2.24, 2.45) is 5.92 Å². The molecule has 7 rings (SSSR count).